The van der Waals surface area contributed by atoms with Gasteiger partial charge in [-0.05, 0) is 30.2 Å². The van der Waals surface area contributed by atoms with Crippen molar-refractivity contribution in [3.8, 4) is 5.75 Å². The minimum Gasteiger partial charge on any atom is -0.487 e. The molecule has 0 amide bonds. The molecule has 1 aromatic heterocycles. The van der Waals surface area contributed by atoms with E-state index in [2.05, 4.69) is 0 Å². The fourth-order valence-corrected chi connectivity index (χ4v) is 2.66. The maximum absolute atomic E-state index is 12.1. The van der Waals surface area contributed by atoms with Gasteiger partial charge in [-0.3, -0.25) is 14.2 Å². The second kappa shape index (κ2) is 6.58. The van der Waals surface area contributed by atoms with Crippen molar-refractivity contribution in [2.45, 2.75) is 20.1 Å². The molecule has 0 aliphatic rings. The van der Waals surface area contributed by atoms with Crippen LogP contribution in [0, 0.1) is 6.92 Å². The summed E-state index contributed by atoms with van der Waals surface area (Å²) in [5.41, 5.74) is 2.29. The van der Waals surface area contributed by atoms with E-state index in [1.165, 1.54) is 10.6 Å². The molecule has 0 aliphatic carbocycles. The zero-order chi connectivity index (χ0) is 17.1. The van der Waals surface area contributed by atoms with Crippen molar-refractivity contribution in [2.75, 3.05) is 0 Å². The number of fused-ring (bicyclic) bond motifs is 1. The van der Waals surface area contributed by atoms with Crippen LogP contribution in [0.1, 0.15) is 11.1 Å². The highest BCUT2D eigenvalue weighted by atomic mass is 16.5. The minimum absolute atomic E-state index is 0.349. The highest BCUT2D eigenvalue weighted by Crippen LogP contribution is 2.25. The van der Waals surface area contributed by atoms with Crippen molar-refractivity contribution >= 4 is 16.9 Å². The van der Waals surface area contributed by atoms with Gasteiger partial charge in [-0.25, -0.2) is 0 Å². The molecule has 2 aromatic carbocycles. The van der Waals surface area contributed by atoms with Gasteiger partial charge in [-0.2, -0.15) is 0 Å². The van der Waals surface area contributed by atoms with Crippen molar-refractivity contribution in [2.24, 2.45) is 0 Å². The van der Waals surface area contributed by atoms with Gasteiger partial charge in [-0.1, -0.05) is 36.4 Å². The first-order valence-corrected chi connectivity index (χ1v) is 7.58. The first kappa shape index (κ1) is 15.8. The number of para-hydroxylation sites is 1. The van der Waals surface area contributed by atoms with Gasteiger partial charge in [-0.15, -0.1) is 0 Å². The smallest absolute Gasteiger partial charge is 0.323 e. The van der Waals surface area contributed by atoms with Crippen LogP contribution < -0.4 is 10.3 Å². The third-order valence-corrected chi connectivity index (χ3v) is 3.91. The molecular formula is C19H17NO4. The molecule has 0 bridgehead atoms. The third kappa shape index (κ3) is 3.15. The van der Waals surface area contributed by atoms with Gasteiger partial charge in [0.1, 0.15) is 18.9 Å². The number of carbonyl (C=O) groups is 1. The maximum Gasteiger partial charge on any atom is 0.323 e. The number of hydrogen-bond donors (Lipinski definition) is 1. The average molecular weight is 323 g/mol. The van der Waals surface area contributed by atoms with Crippen LogP contribution in [0.4, 0.5) is 0 Å². The normalized spacial score (nSPS) is 10.7. The number of benzene rings is 2. The fourth-order valence-electron chi connectivity index (χ4n) is 2.66. The lowest BCUT2D eigenvalue weighted by atomic mass is 10.1. The zero-order valence-corrected chi connectivity index (χ0v) is 13.2. The monoisotopic (exact) mass is 323 g/mol. The average Bonchev–Trinajstić information content (AvgIpc) is 2.56. The lowest BCUT2D eigenvalue weighted by Gasteiger charge is -2.14. The third-order valence-electron chi connectivity index (χ3n) is 3.91. The molecule has 0 saturated carbocycles. The van der Waals surface area contributed by atoms with Crippen LogP contribution in [0.15, 0.2) is 59.4 Å². The highest BCUT2D eigenvalue weighted by Gasteiger charge is 2.12. The number of carboxylic acid groups (broad SMARTS) is 1. The van der Waals surface area contributed by atoms with Gasteiger partial charge in [0.05, 0.1) is 5.52 Å². The van der Waals surface area contributed by atoms with E-state index in [1.54, 1.807) is 12.1 Å². The lowest BCUT2D eigenvalue weighted by Crippen LogP contribution is -2.23. The summed E-state index contributed by atoms with van der Waals surface area (Å²) >= 11 is 0. The summed E-state index contributed by atoms with van der Waals surface area (Å²) in [7, 11) is 0. The molecule has 5 heteroatoms. The molecule has 0 fully saturated rings. The predicted octanol–water partition coefficient (Wildman–Crippen LogP) is 2.97. The van der Waals surface area contributed by atoms with E-state index in [9.17, 15) is 9.59 Å². The second-order valence-electron chi connectivity index (χ2n) is 5.56. The van der Waals surface area contributed by atoms with Crippen LogP contribution in [-0.2, 0) is 17.9 Å². The Kier molecular flexibility index (Phi) is 4.33. The van der Waals surface area contributed by atoms with Crippen LogP contribution in [0.3, 0.4) is 0 Å². The van der Waals surface area contributed by atoms with E-state index >= 15 is 0 Å². The van der Waals surface area contributed by atoms with Crippen molar-refractivity contribution < 1.29 is 14.6 Å². The first-order valence-electron chi connectivity index (χ1n) is 7.58. The molecule has 3 aromatic rings. The van der Waals surface area contributed by atoms with Gasteiger partial charge in [0.25, 0.3) is 5.56 Å². The SMILES string of the molecule is Cc1ccccc1COc1cccc2ccc(=O)n(CC(=O)O)c12. The Morgan fingerprint density at radius 2 is 1.88 bits per heavy atom. The van der Waals surface area contributed by atoms with Crippen molar-refractivity contribution in [1.82, 2.24) is 4.57 Å². The van der Waals surface area contributed by atoms with Gasteiger partial charge >= 0.3 is 5.97 Å². The largest absolute Gasteiger partial charge is 0.487 e. The molecule has 5 nitrogen and oxygen atoms in total. The standard InChI is InChI=1S/C19H17NO4/c1-13-5-2-3-6-15(13)12-24-16-8-4-7-14-9-10-17(21)20(19(14)16)11-18(22)23/h2-10H,11-12H2,1H3,(H,22,23). The quantitative estimate of drug-likeness (QED) is 0.784. The summed E-state index contributed by atoms with van der Waals surface area (Å²) < 4.78 is 7.14. The van der Waals surface area contributed by atoms with Gasteiger partial charge in [0.15, 0.2) is 0 Å². The van der Waals surface area contributed by atoms with E-state index in [0.29, 0.717) is 17.9 Å². The van der Waals surface area contributed by atoms with Crippen LogP contribution in [0.25, 0.3) is 10.9 Å². The number of aryl methyl sites for hydroxylation is 1. The van der Waals surface area contributed by atoms with E-state index in [1.807, 2.05) is 43.3 Å². The summed E-state index contributed by atoms with van der Waals surface area (Å²) in [4.78, 5) is 23.2. The Labute approximate surface area is 138 Å². The molecule has 24 heavy (non-hydrogen) atoms. The zero-order valence-electron chi connectivity index (χ0n) is 13.2. The number of nitrogens with zero attached hydrogens (tertiary/aromatic N) is 1. The maximum atomic E-state index is 12.1. The van der Waals surface area contributed by atoms with Gasteiger partial charge in [0.2, 0.25) is 0 Å². The number of pyridine rings is 1. The van der Waals surface area contributed by atoms with Gasteiger partial charge < -0.3 is 9.84 Å². The molecule has 1 heterocycles. The van der Waals surface area contributed by atoms with Crippen molar-refractivity contribution in [3.63, 3.8) is 0 Å². The second-order valence-corrected chi connectivity index (χ2v) is 5.56. The van der Waals surface area contributed by atoms with Crippen LogP contribution in [0.2, 0.25) is 0 Å². The van der Waals surface area contributed by atoms with Gasteiger partial charge in [0, 0.05) is 11.5 Å². The Hall–Kier alpha value is -3.08. The van der Waals surface area contributed by atoms with Crippen LogP contribution >= 0.6 is 0 Å². The number of aliphatic carboxylic acids is 1. The number of hydrogen-bond acceptors (Lipinski definition) is 3. The van der Waals surface area contributed by atoms with E-state index in [-0.39, 0.29) is 5.56 Å². The van der Waals surface area contributed by atoms with E-state index < -0.39 is 12.5 Å². The van der Waals surface area contributed by atoms with Crippen LogP contribution in [0.5, 0.6) is 5.75 Å². The number of rotatable bonds is 5. The van der Waals surface area contributed by atoms with Crippen molar-refractivity contribution in [3.05, 3.63) is 76.1 Å². The molecule has 0 atom stereocenters. The Bertz CT molecular complexity index is 959. The van der Waals surface area contributed by atoms with Crippen LogP contribution in [-0.4, -0.2) is 15.6 Å². The fraction of sp³-hybridized carbons (Fsp3) is 0.158. The summed E-state index contributed by atoms with van der Waals surface area (Å²) in [6.45, 7) is 1.95. The topological polar surface area (TPSA) is 68.5 Å². The highest BCUT2D eigenvalue weighted by molar-refractivity contribution is 5.86. The van der Waals surface area contributed by atoms with E-state index in [4.69, 9.17) is 9.84 Å². The number of aromatic nitrogens is 1. The number of ether oxygens (including phenoxy) is 1. The Balaban J connectivity index is 2.04. The molecule has 0 unspecified atom stereocenters. The summed E-state index contributed by atoms with van der Waals surface area (Å²) in [6, 6.07) is 16.3. The molecule has 3 rings (SSSR count). The Morgan fingerprint density at radius 1 is 1.08 bits per heavy atom. The first-order chi connectivity index (χ1) is 11.6. The van der Waals surface area contributed by atoms with Crippen molar-refractivity contribution in [1.29, 1.82) is 0 Å². The minimum atomic E-state index is -1.07. The predicted molar refractivity (Wildman–Crippen MR) is 91.4 cm³/mol. The summed E-state index contributed by atoms with van der Waals surface area (Å²) in [5.74, 6) is -0.576. The molecule has 0 saturated heterocycles. The molecular weight excluding hydrogens is 306 g/mol. The molecule has 0 spiro atoms. The molecule has 0 aliphatic heterocycles. The summed E-state index contributed by atoms with van der Waals surface area (Å²) in [5, 5.41) is 9.85. The molecule has 1 N–H and O–H groups in total. The molecule has 0 radical (unpaired) electrons. The lowest BCUT2D eigenvalue weighted by molar-refractivity contribution is -0.137. The number of carboxylic acids is 1. The molecule has 122 valence electrons. The van der Waals surface area contributed by atoms with E-state index in [0.717, 1.165) is 16.5 Å². The Morgan fingerprint density at radius 3 is 2.62 bits per heavy atom. The summed E-state index contributed by atoms with van der Waals surface area (Å²) in [6.07, 6.45) is 0.